The minimum Gasteiger partial charge on any atom is -0.481 e. The number of hydrogen-bond acceptors (Lipinski definition) is 2. The summed E-state index contributed by atoms with van der Waals surface area (Å²) in [5.74, 6) is -1.11. The highest BCUT2D eigenvalue weighted by Gasteiger charge is 2.31. The van der Waals surface area contributed by atoms with Gasteiger partial charge in [-0.1, -0.05) is 11.6 Å². The molecule has 0 aliphatic rings. The van der Waals surface area contributed by atoms with E-state index in [4.69, 9.17) is 16.7 Å². The molecule has 0 radical (unpaired) electrons. The second-order valence-electron chi connectivity index (χ2n) is 4.32. The molecular weight excluding hydrogens is 313 g/mol. The summed E-state index contributed by atoms with van der Waals surface area (Å²) < 4.78 is 37.8. The predicted octanol–water partition coefficient (Wildman–Crippen LogP) is 3.34. The lowest BCUT2D eigenvalue weighted by Crippen LogP contribution is -2.37. The van der Waals surface area contributed by atoms with Crippen molar-refractivity contribution < 1.29 is 27.9 Å². The zero-order valence-electron chi connectivity index (χ0n) is 10.8. The van der Waals surface area contributed by atoms with E-state index in [2.05, 4.69) is 10.6 Å². The fraction of sp³-hybridized carbons (Fsp3) is 0.333. The van der Waals surface area contributed by atoms with Gasteiger partial charge in [-0.25, -0.2) is 4.79 Å². The topological polar surface area (TPSA) is 78.4 Å². The number of carbonyl (C=O) groups is 2. The molecule has 9 heteroatoms. The van der Waals surface area contributed by atoms with Crippen molar-refractivity contribution >= 4 is 29.3 Å². The average molecular weight is 325 g/mol. The molecule has 0 aromatic heterocycles. The Labute approximate surface area is 123 Å². The Morgan fingerprint density at radius 2 is 1.95 bits per heavy atom. The van der Waals surface area contributed by atoms with Crippen molar-refractivity contribution in [1.29, 1.82) is 0 Å². The van der Waals surface area contributed by atoms with Gasteiger partial charge >= 0.3 is 18.2 Å². The van der Waals surface area contributed by atoms with E-state index in [9.17, 15) is 22.8 Å². The summed E-state index contributed by atoms with van der Waals surface area (Å²) in [5, 5.41) is 12.8. The molecule has 0 spiro atoms. The zero-order chi connectivity index (χ0) is 16.2. The van der Waals surface area contributed by atoms with Crippen LogP contribution in [-0.2, 0) is 11.0 Å². The molecule has 3 N–H and O–H groups in total. The number of hydrogen-bond donors (Lipinski definition) is 3. The second-order valence-corrected chi connectivity index (χ2v) is 4.76. The molecule has 1 aromatic carbocycles. The van der Waals surface area contributed by atoms with Gasteiger partial charge in [0, 0.05) is 16.8 Å². The molecule has 2 amide bonds. The molecule has 0 aliphatic carbocycles. The highest BCUT2D eigenvalue weighted by atomic mass is 35.5. The van der Waals surface area contributed by atoms with Crippen LogP contribution in [0.1, 0.15) is 18.9 Å². The highest BCUT2D eigenvalue weighted by Crippen LogP contribution is 2.33. The van der Waals surface area contributed by atoms with E-state index in [1.54, 1.807) is 0 Å². The van der Waals surface area contributed by atoms with E-state index in [-0.39, 0.29) is 17.1 Å². The number of carbonyl (C=O) groups excluding carboxylic acids is 1. The van der Waals surface area contributed by atoms with Crippen LogP contribution >= 0.6 is 11.6 Å². The summed E-state index contributed by atoms with van der Waals surface area (Å²) in [5.41, 5.74) is -1.14. The summed E-state index contributed by atoms with van der Waals surface area (Å²) in [6.07, 6.45) is -4.90. The number of carboxylic acids is 1. The smallest absolute Gasteiger partial charge is 0.416 e. The van der Waals surface area contributed by atoms with Crippen molar-refractivity contribution in [2.75, 3.05) is 5.32 Å². The van der Waals surface area contributed by atoms with Gasteiger partial charge in [0.2, 0.25) is 0 Å². The summed E-state index contributed by atoms with van der Waals surface area (Å²) in [7, 11) is 0. The quantitative estimate of drug-likeness (QED) is 0.794. The highest BCUT2D eigenvalue weighted by molar-refractivity contribution is 6.31. The maximum atomic E-state index is 12.6. The van der Waals surface area contributed by atoms with Crippen molar-refractivity contribution in [2.24, 2.45) is 0 Å². The first-order valence-corrected chi connectivity index (χ1v) is 6.13. The minimum absolute atomic E-state index is 0.144. The lowest BCUT2D eigenvalue weighted by atomic mass is 10.2. The Balaban J connectivity index is 2.77. The van der Waals surface area contributed by atoms with E-state index in [1.807, 2.05) is 0 Å². The standard InChI is InChI=1S/C12H12ClF3N2O3/c1-6(2-10(19)20)17-11(21)18-9-4-7(12(14,15)16)3-8(13)5-9/h3-6H,2H2,1H3,(H,19,20)(H2,17,18,21). The number of anilines is 1. The Morgan fingerprint density at radius 1 is 1.33 bits per heavy atom. The van der Waals surface area contributed by atoms with E-state index < -0.39 is 29.8 Å². The van der Waals surface area contributed by atoms with E-state index in [1.165, 1.54) is 6.92 Å². The fourth-order valence-corrected chi connectivity index (χ4v) is 1.76. The molecule has 1 rings (SSSR count). The van der Waals surface area contributed by atoms with Gasteiger partial charge in [-0.3, -0.25) is 4.79 Å². The third kappa shape index (κ3) is 5.90. The minimum atomic E-state index is -4.59. The molecule has 0 fully saturated rings. The maximum absolute atomic E-state index is 12.6. The first kappa shape index (κ1) is 17.1. The average Bonchev–Trinajstić information content (AvgIpc) is 2.24. The number of halogens is 4. The summed E-state index contributed by atoms with van der Waals surface area (Å²) in [6.45, 7) is 1.45. The maximum Gasteiger partial charge on any atom is 0.416 e. The molecule has 1 unspecified atom stereocenters. The van der Waals surface area contributed by atoms with Gasteiger partial charge < -0.3 is 15.7 Å². The molecule has 0 bridgehead atoms. The number of urea groups is 1. The molecule has 5 nitrogen and oxygen atoms in total. The Morgan fingerprint density at radius 3 is 2.48 bits per heavy atom. The van der Waals surface area contributed by atoms with Crippen LogP contribution < -0.4 is 10.6 Å². The lowest BCUT2D eigenvalue weighted by molar-refractivity contribution is -0.138. The van der Waals surface area contributed by atoms with Crippen LogP contribution in [0.3, 0.4) is 0 Å². The largest absolute Gasteiger partial charge is 0.481 e. The van der Waals surface area contributed by atoms with Crippen LogP contribution in [0.15, 0.2) is 18.2 Å². The van der Waals surface area contributed by atoms with Crippen molar-refractivity contribution in [3.63, 3.8) is 0 Å². The lowest BCUT2D eigenvalue weighted by Gasteiger charge is -2.14. The SMILES string of the molecule is CC(CC(=O)O)NC(=O)Nc1cc(Cl)cc(C(F)(F)F)c1. The van der Waals surface area contributed by atoms with Crippen LogP contribution in [0.25, 0.3) is 0 Å². The molecule has 21 heavy (non-hydrogen) atoms. The van der Waals surface area contributed by atoms with Gasteiger partial charge in [0.15, 0.2) is 0 Å². The zero-order valence-corrected chi connectivity index (χ0v) is 11.5. The molecule has 1 atom stereocenters. The van der Waals surface area contributed by atoms with Gasteiger partial charge in [0.1, 0.15) is 0 Å². The van der Waals surface area contributed by atoms with Crippen molar-refractivity contribution in [2.45, 2.75) is 25.6 Å². The van der Waals surface area contributed by atoms with E-state index >= 15 is 0 Å². The summed E-state index contributed by atoms with van der Waals surface area (Å²) in [6, 6.07) is 1.12. The first-order valence-electron chi connectivity index (χ1n) is 5.75. The van der Waals surface area contributed by atoms with Crippen LogP contribution in [-0.4, -0.2) is 23.1 Å². The normalized spacial score (nSPS) is 12.6. The van der Waals surface area contributed by atoms with Gasteiger partial charge in [0.05, 0.1) is 12.0 Å². The third-order valence-corrected chi connectivity index (χ3v) is 2.56. The van der Waals surface area contributed by atoms with E-state index in [0.717, 1.165) is 18.2 Å². The second kappa shape index (κ2) is 6.66. The summed E-state index contributed by atoms with van der Waals surface area (Å²) in [4.78, 5) is 22.0. The molecular formula is C12H12ClF3N2O3. The van der Waals surface area contributed by atoms with Crippen molar-refractivity contribution in [1.82, 2.24) is 5.32 Å². The number of amides is 2. The number of aliphatic carboxylic acids is 1. The summed E-state index contributed by atoms with van der Waals surface area (Å²) >= 11 is 5.56. The van der Waals surface area contributed by atoms with Gasteiger partial charge in [-0.2, -0.15) is 13.2 Å². The fourth-order valence-electron chi connectivity index (χ4n) is 1.53. The molecule has 0 saturated carbocycles. The molecule has 0 saturated heterocycles. The van der Waals surface area contributed by atoms with Crippen molar-refractivity contribution in [3.8, 4) is 0 Å². The predicted molar refractivity (Wildman–Crippen MR) is 70.3 cm³/mol. The molecule has 1 aromatic rings. The number of nitrogens with one attached hydrogen (secondary N) is 2. The number of rotatable bonds is 4. The van der Waals surface area contributed by atoms with Crippen LogP contribution in [0.5, 0.6) is 0 Å². The van der Waals surface area contributed by atoms with Crippen LogP contribution in [0, 0.1) is 0 Å². The molecule has 0 heterocycles. The number of benzene rings is 1. The Bertz CT molecular complexity index is 549. The molecule has 0 aliphatic heterocycles. The van der Waals surface area contributed by atoms with Crippen LogP contribution in [0.4, 0.5) is 23.7 Å². The Hall–Kier alpha value is -1.96. The van der Waals surface area contributed by atoms with Gasteiger partial charge in [-0.15, -0.1) is 0 Å². The number of carboxylic acid groups (broad SMARTS) is 1. The van der Waals surface area contributed by atoms with Gasteiger partial charge in [0.25, 0.3) is 0 Å². The third-order valence-electron chi connectivity index (χ3n) is 2.34. The van der Waals surface area contributed by atoms with Gasteiger partial charge in [-0.05, 0) is 25.1 Å². The monoisotopic (exact) mass is 324 g/mol. The Kier molecular flexibility index (Phi) is 5.42. The van der Waals surface area contributed by atoms with E-state index in [0.29, 0.717) is 0 Å². The first-order chi connectivity index (χ1) is 9.57. The van der Waals surface area contributed by atoms with Crippen molar-refractivity contribution in [3.05, 3.63) is 28.8 Å². The number of alkyl halides is 3. The molecule has 116 valence electrons. The van der Waals surface area contributed by atoms with Crippen LogP contribution in [0.2, 0.25) is 5.02 Å².